The molecule has 1 fully saturated rings. The maximum absolute atomic E-state index is 12.4. The molecule has 1 heterocycles. The minimum absolute atomic E-state index is 0. The van der Waals surface area contributed by atoms with Crippen LogP contribution in [0.1, 0.15) is 50.7 Å². The molecule has 1 aromatic carbocycles. The van der Waals surface area contributed by atoms with Gasteiger partial charge in [0.1, 0.15) is 5.60 Å². The highest BCUT2D eigenvalue weighted by atomic mass is 127. The second-order valence-corrected chi connectivity index (χ2v) is 8.79. The van der Waals surface area contributed by atoms with Crippen LogP contribution >= 0.6 is 35.3 Å². The summed E-state index contributed by atoms with van der Waals surface area (Å²) in [4.78, 5) is 17.0. The van der Waals surface area contributed by atoms with Crippen molar-refractivity contribution >= 4 is 52.9 Å². The summed E-state index contributed by atoms with van der Waals surface area (Å²) in [5, 5.41) is 24.1. The highest BCUT2D eigenvalue weighted by Crippen LogP contribution is 2.26. The van der Waals surface area contributed by atoms with Crippen LogP contribution in [0.15, 0.2) is 46.1 Å². The van der Waals surface area contributed by atoms with E-state index in [1.807, 2.05) is 48.0 Å². The molecule has 0 bridgehead atoms. The normalized spacial score (nSPS) is 16.3. The van der Waals surface area contributed by atoms with E-state index in [9.17, 15) is 9.90 Å². The molecule has 1 aliphatic carbocycles. The van der Waals surface area contributed by atoms with Gasteiger partial charge in [-0.1, -0.05) is 25.0 Å². The Balaban J connectivity index is 0.00000341. The average Bonchev–Trinajstić information content (AvgIpc) is 3.45. The molecule has 8 heteroatoms. The lowest BCUT2D eigenvalue weighted by Crippen LogP contribution is -2.44. The Morgan fingerprint density at radius 3 is 2.71 bits per heavy atom. The Labute approximate surface area is 206 Å². The van der Waals surface area contributed by atoms with Crippen LogP contribution in [0.2, 0.25) is 0 Å². The number of carbonyl (C=O) groups is 1. The molecule has 31 heavy (non-hydrogen) atoms. The molecule has 1 aliphatic rings. The Morgan fingerprint density at radius 1 is 1.26 bits per heavy atom. The number of amides is 1. The first-order valence-corrected chi connectivity index (χ1v) is 11.6. The number of thiophene rings is 1. The number of guanidine groups is 1. The summed E-state index contributed by atoms with van der Waals surface area (Å²) in [5.74, 6) is 0.916. The zero-order valence-corrected chi connectivity index (χ0v) is 21.3. The van der Waals surface area contributed by atoms with Gasteiger partial charge in [-0.2, -0.15) is 11.3 Å². The standard InChI is InChI=1S/C23H32N4O2S.HI/c1-3-24-22(26-16-23(2,29)19-11-12-30-15-19)25-14-17-7-6-10-20(13-17)27-21(28)18-8-4-5-9-18;/h6-7,10-13,15,18,29H,3-5,8-9,14,16H2,1-2H3,(H,27,28)(H2,24,25,26);1H. The van der Waals surface area contributed by atoms with Crippen LogP contribution in [0.25, 0.3) is 0 Å². The number of carbonyl (C=O) groups excluding carboxylic acids is 1. The van der Waals surface area contributed by atoms with Crippen molar-refractivity contribution in [3.8, 4) is 0 Å². The number of anilines is 1. The smallest absolute Gasteiger partial charge is 0.227 e. The number of hydrogen-bond acceptors (Lipinski definition) is 4. The van der Waals surface area contributed by atoms with Crippen molar-refractivity contribution in [1.82, 2.24) is 10.6 Å². The minimum atomic E-state index is -0.972. The van der Waals surface area contributed by atoms with E-state index >= 15 is 0 Å². The lowest BCUT2D eigenvalue weighted by Gasteiger charge is -2.24. The third-order valence-corrected chi connectivity index (χ3v) is 6.11. The summed E-state index contributed by atoms with van der Waals surface area (Å²) >= 11 is 1.57. The highest BCUT2D eigenvalue weighted by molar-refractivity contribution is 14.0. The summed E-state index contributed by atoms with van der Waals surface area (Å²) < 4.78 is 0. The van der Waals surface area contributed by atoms with Crippen LogP contribution in [-0.2, 0) is 16.9 Å². The third-order valence-electron chi connectivity index (χ3n) is 5.43. The maximum Gasteiger partial charge on any atom is 0.227 e. The Morgan fingerprint density at radius 2 is 2.03 bits per heavy atom. The van der Waals surface area contributed by atoms with E-state index < -0.39 is 5.60 Å². The van der Waals surface area contributed by atoms with Gasteiger partial charge >= 0.3 is 0 Å². The van der Waals surface area contributed by atoms with Gasteiger partial charge in [-0.15, -0.1) is 24.0 Å². The highest BCUT2D eigenvalue weighted by Gasteiger charge is 2.24. The van der Waals surface area contributed by atoms with Crippen molar-refractivity contribution in [2.45, 2.75) is 51.7 Å². The second kappa shape index (κ2) is 12.4. The summed E-state index contributed by atoms with van der Waals surface area (Å²) in [6.45, 7) is 5.36. The van der Waals surface area contributed by atoms with E-state index in [2.05, 4.69) is 20.9 Å². The fourth-order valence-corrected chi connectivity index (χ4v) is 4.40. The van der Waals surface area contributed by atoms with Crippen LogP contribution < -0.4 is 16.0 Å². The third kappa shape index (κ3) is 7.76. The molecule has 170 valence electrons. The molecule has 0 spiro atoms. The van der Waals surface area contributed by atoms with E-state index in [1.54, 1.807) is 18.3 Å². The number of halogens is 1. The monoisotopic (exact) mass is 556 g/mol. The molecular weight excluding hydrogens is 523 g/mol. The van der Waals surface area contributed by atoms with Crippen LogP contribution in [0.4, 0.5) is 5.69 Å². The van der Waals surface area contributed by atoms with Crippen LogP contribution in [0, 0.1) is 5.92 Å². The zero-order valence-electron chi connectivity index (χ0n) is 18.2. The molecule has 1 unspecified atom stereocenters. The number of rotatable bonds is 8. The fourth-order valence-electron chi connectivity index (χ4n) is 3.62. The number of nitrogens with zero attached hydrogens (tertiary/aromatic N) is 1. The molecule has 4 N–H and O–H groups in total. The molecule has 1 aromatic heterocycles. The minimum Gasteiger partial charge on any atom is -0.384 e. The first kappa shape index (κ1) is 25.6. The van der Waals surface area contributed by atoms with Crippen molar-refractivity contribution in [3.63, 3.8) is 0 Å². The van der Waals surface area contributed by atoms with Gasteiger partial charge in [0.2, 0.25) is 5.91 Å². The van der Waals surface area contributed by atoms with Crippen molar-refractivity contribution < 1.29 is 9.90 Å². The van der Waals surface area contributed by atoms with Crippen LogP contribution in [0.5, 0.6) is 0 Å². The first-order chi connectivity index (χ1) is 14.5. The van der Waals surface area contributed by atoms with Gasteiger partial charge in [0.25, 0.3) is 0 Å². The predicted octanol–water partition coefficient (Wildman–Crippen LogP) is 4.46. The lowest BCUT2D eigenvalue weighted by molar-refractivity contribution is -0.119. The predicted molar refractivity (Wildman–Crippen MR) is 139 cm³/mol. The van der Waals surface area contributed by atoms with Gasteiger partial charge in [-0.25, -0.2) is 4.99 Å². The summed E-state index contributed by atoms with van der Waals surface area (Å²) in [6.07, 6.45) is 4.27. The fraction of sp³-hybridized carbons (Fsp3) is 0.478. The summed E-state index contributed by atoms with van der Waals surface area (Å²) in [7, 11) is 0. The van der Waals surface area contributed by atoms with Crippen molar-refractivity contribution in [2.24, 2.45) is 10.9 Å². The molecular formula is C23H33IN4O2S. The summed E-state index contributed by atoms with van der Waals surface area (Å²) in [6, 6.07) is 9.77. The second-order valence-electron chi connectivity index (χ2n) is 8.01. The van der Waals surface area contributed by atoms with E-state index in [0.29, 0.717) is 19.0 Å². The largest absolute Gasteiger partial charge is 0.384 e. The Bertz CT molecular complexity index is 849. The quantitative estimate of drug-likeness (QED) is 0.220. The van der Waals surface area contributed by atoms with Gasteiger partial charge in [0, 0.05) is 18.2 Å². The number of nitrogens with one attached hydrogen (secondary N) is 3. The average molecular weight is 557 g/mol. The molecule has 0 aliphatic heterocycles. The van der Waals surface area contributed by atoms with Gasteiger partial charge in [0.05, 0.1) is 13.1 Å². The Kier molecular flexibility index (Phi) is 10.2. The number of benzene rings is 1. The van der Waals surface area contributed by atoms with E-state index in [4.69, 9.17) is 0 Å². The van der Waals surface area contributed by atoms with Gasteiger partial charge < -0.3 is 21.1 Å². The van der Waals surface area contributed by atoms with Crippen LogP contribution in [0.3, 0.4) is 0 Å². The SMILES string of the molecule is CCNC(=NCc1cccc(NC(=O)C2CCCC2)c1)NCC(C)(O)c1ccsc1.I. The van der Waals surface area contributed by atoms with Crippen molar-refractivity contribution in [3.05, 3.63) is 52.2 Å². The van der Waals surface area contributed by atoms with E-state index in [-0.39, 0.29) is 35.8 Å². The van der Waals surface area contributed by atoms with Crippen LogP contribution in [-0.4, -0.2) is 30.1 Å². The van der Waals surface area contributed by atoms with Gasteiger partial charge in [0.15, 0.2) is 5.96 Å². The van der Waals surface area contributed by atoms with Crippen molar-refractivity contribution in [2.75, 3.05) is 18.4 Å². The lowest BCUT2D eigenvalue weighted by atomic mass is 9.99. The molecule has 0 saturated heterocycles. The number of hydrogen-bond donors (Lipinski definition) is 4. The molecule has 1 amide bonds. The number of aliphatic hydroxyl groups is 1. The molecule has 6 nitrogen and oxygen atoms in total. The summed E-state index contributed by atoms with van der Waals surface area (Å²) in [5.41, 5.74) is 1.75. The van der Waals surface area contributed by atoms with E-state index in [0.717, 1.165) is 49.0 Å². The maximum atomic E-state index is 12.4. The molecule has 3 rings (SSSR count). The number of aliphatic imine (C=N–C) groups is 1. The van der Waals surface area contributed by atoms with Crippen molar-refractivity contribution in [1.29, 1.82) is 0 Å². The van der Waals surface area contributed by atoms with Gasteiger partial charge in [-0.3, -0.25) is 4.79 Å². The molecule has 1 saturated carbocycles. The molecule has 2 aromatic rings. The molecule has 1 atom stereocenters. The Hall–Kier alpha value is -1.65. The topological polar surface area (TPSA) is 85.8 Å². The molecule has 0 radical (unpaired) electrons. The first-order valence-electron chi connectivity index (χ1n) is 10.6. The zero-order chi connectivity index (χ0) is 21.4. The van der Waals surface area contributed by atoms with E-state index in [1.165, 1.54) is 0 Å². The van der Waals surface area contributed by atoms with Gasteiger partial charge in [-0.05, 0) is 66.8 Å².